The number of hydrogen-bond donors (Lipinski definition) is 0. The normalized spacial score (nSPS) is 14.7. The molecule has 0 aliphatic carbocycles. The Morgan fingerprint density at radius 1 is 1.29 bits per heavy atom. The summed E-state index contributed by atoms with van der Waals surface area (Å²) in [5.41, 5.74) is 0.828. The van der Waals surface area contributed by atoms with E-state index in [1.807, 2.05) is 0 Å². The largest absolute Gasteiger partial charge is 0.466 e. The fourth-order valence-electron chi connectivity index (χ4n) is 1.37. The molecule has 0 N–H and O–H groups in total. The van der Waals surface area contributed by atoms with Crippen LogP contribution in [0, 0.1) is 0 Å². The monoisotopic (exact) mass is 240 g/mol. The Hall–Kier alpha value is -1.72. The lowest BCUT2D eigenvalue weighted by Gasteiger charge is -2.10. The van der Waals surface area contributed by atoms with Crippen LogP contribution in [0.1, 0.15) is 39.5 Å². The highest BCUT2D eigenvalue weighted by Gasteiger charge is 2.13. The number of ether oxygens (including phenoxy) is 2. The van der Waals surface area contributed by atoms with E-state index < -0.39 is 5.97 Å². The molecule has 1 heterocycles. The van der Waals surface area contributed by atoms with Crippen molar-refractivity contribution in [3.8, 4) is 0 Å². The minimum absolute atomic E-state index is 0.232. The molecule has 6 heteroatoms. The first kappa shape index (κ1) is 13.3. The molecule has 0 aromatic rings. The van der Waals surface area contributed by atoms with Crippen molar-refractivity contribution in [3.05, 3.63) is 0 Å². The van der Waals surface area contributed by atoms with E-state index in [-0.39, 0.29) is 5.97 Å². The summed E-state index contributed by atoms with van der Waals surface area (Å²) < 4.78 is 9.62. The smallest absolute Gasteiger partial charge is 0.309 e. The minimum Gasteiger partial charge on any atom is -0.466 e. The third kappa shape index (κ3) is 5.24. The average Bonchev–Trinajstić information content (AvgIpc) is 2.28. The standard InChI is InChI=1S/C11H16N2O4/c1-3-16-11(15)7-5-9-4-6-10(13-12-9)17-8(2)14/h3-7H2,1-2H3. The van der Waals surface area contributed by atoms with Crippen LogP contribution in [0.2, 0.25) is 0 Å². The quantitative estimate of drug-likeness (QED) is 0.696. The van der Waals surface area contributed by atoms with Gasteiger partial charge in [0.05, 0.1) is 13.0 Å². The summed E-state index contributed by atoms with van der Waals surface area (Å²) in [4.78, 5) is 21.8. The molecule has 6 nitrogen and oxygen atoms in total. The van der Waals surface area contributed by atoms with Crippen LogP contribution in [0.4, 0.5) is 0 Å². The van der Waals surface area contributed by atoms with Gasteiger partial charge < -0.3 is 9.47 Å². The van der Waals surface area contributed by atoms with E-state index in [1.54, 1.807) is 6.92 Å². The maximum Gasteiger partial charge on any atom is 0.309 e. The summed E-state index contributed by atoms with van der Waals surface area (Å²) in [6.07, 6.45) is 2.05. The van der Waals surface area contributed by atoms with E-state index >= 15 is 0 Å². The number of hydrogen-bond acceptors (Lipinski definition) is 6. The molecule has 0 radical (unpaired) electrons. The van der Waals surface area contributed by atoms with Gasteiger partial charge in [-0.2, -0.15) is 5.10 Å². The van der Waals surface area contributed by atoms with Crippen molar-refractivity contribution in [3.63, 3.8) is 0 Å². The van der Waals surface area contributed by atoms with Crippen LogP contribution in [0.5, 0.6) is 0 Å². The summed E-state index contributed by atoms with van der Waals surface area (Å²) in [6, 6.07) is 0. The minimum atomic E-state index is -0.395. The molecule has 0 unspecified atom stereocenters. The highest BCUT2D eigenvalue weighted by Crippen LogP contribution is 2.10. The molecule has 1 rings (SSSR count). The first-order chi connectivity index (χ1) is 8.11. The summed E-state index contributed by atoms with van der Waals surface area (Å²) in [6.45, 7) is 3.48. The predicted molar refractivity (Wildman–Crippen MR) is 61.7 cm³/mol. The van der Waals surface area contributed by atoms with E-state index in [9.17, 15) is 9.59 Å². The lowest BCUT2D eigenvalue weighted by Crippen LogP contribution is -2.16. The lowest BCUT2D eigenvalue weighted by atomic mass is 10.1. The van der Waals surface area contributed by atoms with Crippen molar-refractivity contribution in [1.82, 2.24) is 0 Å². The van der Waals surface area contributed by atoms with Crippen molar-refractivity contribution in [2.24, 2.45) is 10.2 Å². The summed E-state index contributed by atoms with van der Waals surface area (Å²) in [5.74, 6) is -0.295. The molecular weight excluding hydrogens is 224 g/mol. The van der Waals surface area contributed by atoms with Crippen molar-refractivity contribution >= 4 is 23.5 Å². The fraction of sp³-hybridized carbons (Fsp3) is 0.636. The van der Waals surface area contributed by atoms with Crippen molar-refractivity contribution < 1.29 is 19.1 Å². The van der Waals surface area contributed by atoms with Crippen LogP contribution in [-0.4, -0.2) is 30.2 Å². The van der Waals surface area contributed by atoms with E-state index in [0.717, 1.165) is 5.71 Å². The van der Waals surface area contributed by atoms with Gasteiger partial charge >= 0.3 is 11.9 Å². The second-order valence-corrected chi connectivity index (χ2v) is 3.56. The van der Waals surface area contributed by atoms with Crippen LogP contribution in [-0.2, 0) is 19.1 Å². The van der Waals surface area contributed by atoms with Gasteiger partial charge in [0, 0.05) is 19.1 Å². The molecule has 0 fully saturated rings. The molecule has 0 saturated carbocycles. The maximum atomic E-state index is 11.1. The van der Waals surface area contributed by atoms with Gasteiger partial charge in [0.25, 0.3) is 0 Å². The molecule has 17 heavy (non-hydrogen) atoms. The zero-order chi connectivity index (χ0) is 12.7. The molecule has 0 atom stereocenters. The average molecular weight is 240 g/mol. The van der Waals surface area contributed by atoms with E-state index in [0.29, 0.717) is 38.2 Å². The highest BCUT2D eigenvalue weighted by molar-refractivity contribution is 5.95. The summed E-state index contributed by atoms with van der Waals surface area (Å²) in [5, 5.41) is 7.70. The third-order valence-corrected chi connectivity index (χ3v) is 2.11. The van der Waals surface area contributed by atoms with Gasteiger partial charge in [0.15, 0.2) is 0 Å². The van der Waals surface area contributed by atoms with Crippen molar-refractivity contribution in [1.29, 1.82) is 0 Å². The first-order valence-corrected chi connectivity index (χ1v) is 5.58. The Labute approximate surface area is 99.7 Å². The molecule has 0 bridgehead atoms. The Bertz CT molecular complexity index is 360. The molecule has 1 aliphatic heterocycles. The highest BCUT2D eigenvalue weighted by atomic mass is 16.5. The van der Waals surface area contributed by atoms with Crippen molar-refractivity contribution in [2.75, 3.05) is 6.61 Å². The lowest BCUT2D eigenvalue weighted by molar-refractivity contribution is -0.143. The van der Waals surface area contributed by atoms with Crippen LogP contribution in [0.25, 0.3) is 0 Å². The van der Waals surface area contributed by atoms with Gasteiger partial charge in [0.2, 0.25) is 5.90 Å². The number of carbonyl (C=O) groups is 2. The summed E-state index contributed by atoms with van der Waals surface area (Å²) >= 11 is 0. The van der Waals surface area contributed by atoms with Gasteiger partial charge in [-0.3, -0.25) is 9.59 Å². The van der Waals surface area contributed by atoms with Gasteiger partial charge in [-0.1, -0.05) is 0 Å². The zero-order valence-electron chi connectivity index (χ0n) is 10.1. The van der Waals surface area contributed by atoms with Crippen LogP contribution in [0.3, 0.4) is 0 Å². The van der Waals surface area contributed by atoms with Crippen LogP contribution < -0.4 is 0 Å². The second-order valence-electron chi connectivity index (χ2n) is 3.56. The van der Waals surface area contributed by atoms with Crippen molar-refractivity contribution in [2.45, 2.75) is 39.5 Å². The van der Waals surface area contributed by atoms with Gasteiger partial charge in [0.1, 0.15) is 0 Å². The molecule has 0 aromatic heterocycles. The maximum absolute atomic E-state index is 11.1. The fourth-order valence-corrected chi connectivity index (χ4v) is 1.37. The molecule has 94 valence electrons. The van der Waals surface area contributed by atoms with Crippen LogP contribution >= 0.6 is 0 Å². The second kappa shape index (κ2) is 6.78. The molecule has 0 saturated heterocycles. The molecule has 0 aromatic carbocycles. The van der Waals surface area contributed by atoms with Gasteiger partial charge in [-0.05, 0) is 19.8 Å². The number of carbonyl (C=O) groups excluding carboxylic acids is 2. The first-order valence-electron chi connectivity index (χ1n) is 5.58. The zero-order valence-corrected chi connectivity index (χ0v) is 10.1. The Morgan fingerprint density at radius 3 is 2.59 bits per heavy atom. The predicted octanol–water partition coefficient (Wildman–Crippen LogP) is 1.44. The van der Waals surface area contributed by atoms with Gasteiger partial charge in [-0.25, -0.2) is 0 Å². The molecule has 1 aliphatic rings. The Morgan fingerprint density at radius 2 is 2.06 bits per heavy atom. The Balaban J connectivity index is 2.37. The molecule has 0 spiro atoms. The SMILES string of the molecule is CCOC(=O)CCC1=NN=C(OC(C)=O)CC1. The molecule has 0 amide bonds. The third-order valence-electron chi connectivity index (χ3n) is 2.11. The number of rotatable bonds is 4. The summed E-state index contributed by atoms with van der Waals surface area (Å²) in [7, 11) is 0. The number of esters is 2. The van der Waals surface area contributed by atoms with E-state index in [2.05, 4.69) is 10.2 Å². The topological polar surface area (TPSA) is 77.3 Å². The van der Waals surface area contributed by atoms with E-state index in [4.69, 9.17) is 9.47 Å². The van der Waals surface area contributed by atoms with Crippen LogP contribution in [0.15, 0.2) is 10.2 Å². The molecular formula is C11H16N2O4. The van der Waals surface area contributed by atoms with Gasteiger partial charge in [-0.15, -0.1) is 5.10 Å². The van der Waals surface area contributed by atoms with E-state index in [1.165, 1.54) is 6.92 Å². The Kier molecular flexibility index (Phi) is 5.32. The number of nitrogens with zero attached hydrogens (tertiary/aromatic N) is 2.